The van der Waals surface area contributed by atoms with Crippen molar-refractivity contribution in [3.8, 4) is 16.9 Å². The number of hydrogen-bond donors (Lipinski definition) is 1. The van der Waals surface area contributed by atoms with Gasteiger partial charge in [-0.1, -0.05) is 22.9 Å². The molecule has 146 valence electrons. The van der Waals surface area contributed by atoms with E-state index < -0.39 is 27.0 Å². The number of rotatable bonds is 5. The van der Waals surface area contributed by atoms with E-state index in [4.69, 9.17) is 16.9 Å². The highest BCUT2D eigenvalue weighted by Crippen LogP contribution is 2.37. The van der Waals surface area contributed by atoms with Gasteiger partial charge in [0.25, 0.3) is 6.43 Å². The number of halogens is 4. The summed E-state index contributed by atoms with van der Waals surface area (Å²) >= 11 is 8.84. The number of nitrogens with zero attached hydrogens (tertiary/aromatic N) is 5. The second-order valence-electron chi connectivity index (χ2n) is 6.01. The van der Waals surface area contributed by atoms with E-state index in [9.17, 15) is 17.2 Å². The Morgan fingerprint density at radius 3 is 2.71 bits per heavy atom. The average molecular weight is 557 g/mol. The third kappa shape index (κ3) is 3.36. The average Bonchev–Trinajstić information content (AvgIpc) is 3.07. The van der Waals surface area contributed by atoms with Gasteiger partial charge < -0.3 is 0 Å². The molecule has 0 unspecified atom stereocenters. The molecule has 8 nitrogen and oxygen atoms in total. The molecule has 0 aliphatic heterocycles. The molecule has 0 atom stereocenters. The highest BCUT2D eigenvalue weighted by Gasteiger charge is 2.47. The Hall–Kier alpha value is -1.47. The van der Waals surface area contributed by atoms with Crippen molar-refractivity contribution in [2.24, 2.45) is 0 Å². The van der Waals surface area contributed by atoms with Gasteiger partial charge in [-0.25, -0.2) is 22.2 Å². The molecule has 0 aromatic carbocycles. The minimum atomic E-state index is -4.04. The van der Waals surface area contributed by atoms with Crippen LogP contribution in [0.5, 0.6) is 0 Å². The Morgan fingerprint density at radius 2 is 2.14 bits per heavy atom. The first-order chi connectivity index (χ1) is 13.2. The van der Waals surface area contributed by atoms with Crippen molar-refractivity contribution >= 4 is 61.1 Å². The molecule has 28 heavy (non-hydrogen) atoms. The maximum atomic E-state index is 12.8. The van der Waals surface area contributed by atoms with Crippen molar-refractivity contribution in [1.82, 2.24) is 24.3 Å². The van der Waals surface area contributed by atoms with E-state index in [-0.39, 0.29) is 20.8 Å². The molecular weight excluding hydrogens is 549 g/mol. The van der Waals surface area contributed by atoms with Crippen LogP contribution in [-0.4, -0.2) is 33.5 Å². The van der Waals surface area contributed by atoms with E-state index in [2.05, 4.69) is 19.9 Å². The summed E-state index contributed by atoms with van der Waals surface area (Å²) in [5.41, 5.74) is -0.691. The van der Waals surface area contributed by atoms with Crippen LogP contribution in [0.1, 0.15) is 24.3 Å². The molecule has 14 heteroatoms. The lowest BCUT2D eigenvalue weighted by molar-refractivity contribution is 0.150. The SMILES string of the molecule is N#CC1(NS(=O)(=O)c2cc(Cl)c3c(I)nc(-c4nnc(C(F)F)s4)n3c2)CC1. The fraction of sp³-hybridized carbons (Fsp3) is 0.286. The van der Waals surface area contributed by atoms with E-state index in [1.54, 1.807) is 0 Å². The van der Waals surface area contributed by atoms with Gasteiger partial charge in [-0.2, -0.15) is 9.98 Å². The quantitative estimate of drug-likeness (QED) is 0.482. The normalized spacial score (nSPS) is 15.9. The Labute approximate surface area is 179 Å². The minimum Gasteiger partial charge on any atom is -0.294 e. The number of fused-ring (bicyclic) bond motifs is 1. The van der Waals surface area contributed by atoms with E-state index in [0.29, 0.717) is 33.4 Å². The number of imidazole rings is 1. The van der Waals surface area contributed by atoms with Gasteiger partial charge in [0.05, 0.1) is 16.6 Å². The van der Waals surface area contributed by atoms with Crippen LogP contribution >= 0.6 is 45.5 Å². The largest absolute Gasteiger partial charge is 0.294 e. The molecule has 0 saturated heterocycles. The number of nitrogens with one attached hydrogen (secondary N) is 1. The first kappa shape index (κ1) is 19.8. The molecule has 3 aromatic rings. The van der Waals surface area contributed by atoms with Crippen LogP contribution < -0.4 is 4.72 Å². The molecule has 1 fully saturated rings. The topological polar surface area (TPSA) is 113 Å². The first-order valence-electron chi connectivity index (χ1n) is 7.60. The lowest BCUT2D eigenvalue weighted by Gasteiger charge is -2.11. The summed E-state index contributed by atoms with van der Waals surface area (Å²) in [5.74, 6) is 0.143. The fourth-order valence-electron chi connectivity index (χ4n) is 2.49. The van der Waals surface area contributed by atoms with E-state index >= 15 is 0 Å². The van der Waals surface area contributed by atoms with Crippen molar-refractivity contribution < 1.29 is 17.2 Å². The Bertz CT molecular complexity index is 1250. The first-order valence-corrected chi connectivity index (χ1v) is 11.4. The van der Waals surface area contributed by atoms with Crippen LogP contribution in [0.4, 0.5) is 8.78 Å². The van der Waals surface area contributed by atoms with Crippen molar-refractivity contribution in [3.05, 3.63) is 26.0 Å². The van der Waals surface area contributed by atoms with Crippen LogP contribution in [-0.2, 0) is 10.0 Å². The lowest BCUT2D eigenvalue weighted by Crippen LogP contribution is -2.35. The number of nitriles is 1. The summed E-state index contributed by atoms with van der Waals surface area (Å²) in [6, 6.07) is 3.21. The highest BCUT2D eigenvalue weighted by molar-refractivity contribution is 14.1. The Kier molecular flexibility index (Phi) is 4.82. The lowest BCUT2D eigenvalue weighted by atomic mass is 10.3. The third-order valence-electron chi connectivity index (χ3n) is 4.04. The monoisotopic (exact) mass is 556 g/mol. The van der Waals surface area contributed by atoms with E-state index in [1.807, 2.05) is 28.7 Å². The molecule has 0 radical (unpaired) electrons. The van der Waals surface area contributed by atoms with Crippen molar-refractivity contribution in [2.75, 3.05) is 0 Å². The summed E-state index contributed by atoms with van der Waals surface area (Å²) in [6.45, 7) is 0. The number of pyridine rings is 1. The van der Waals surface area contributed by atoms with Crippen LogP contribution in [0.25, 0.3) is 16.3 Å². The fourth-order valence-corrected chi connectivity index (χ4v) is 5.88. The predicted octanol–water partition coefficient (Wildman–Crippen LogP) is 3.38. The Morgan fingerprint density at radius 1 is 1.43 bits per heavy atom. The van der Waals surface area contributed by atoms with Gasteiger partial charge in [0.15, 0.2) is 15.8 Å². The molecule has 4 rings (SSSR count). The second kappa shape index (κ2) is 6.80. The summed E-state index contributed by atoms with van der Waals surface area (Å²) in [7, 11) is -4.04. The number of aromatic nitrogens is 4. The second-order valence-corrected chi connectivity index (χ2v) is 10.1. The molecular formula is C14H8ClF2IN6O2S2. The zero-order valence-corrected chi connectivity index (χ0v) is 18.1. The molecule has 0 bridgehead atoms. The molecule has 3 aromatic heterocycles. The molecule has 0 spiro atoms. The molecule has 0 amide bonds. The molecule has 1 aliphatic carbocycles. The third-order valence-corrected chi connectivity index (χ3v) is 7.51. The Balaban J connectivity index is 1.86. The highest BCUT2D eigenvalue weighted by atomic mass is 127. The van der Waals surface area contributed by atoms with Gasteiger partial charge in [-0.15, -0.1) is 10.2 Å². The van der Waals surface area contributed by atoms with Crippen molar-refractivity contribution in [1.29, 1.82) is 5.26 Å². The van der Waals surface area contributed by atoms with Gasteiger partial charge in [0.2, 0.25) is 10.0 Å². The van der Waals surface area contributed by atoms with Gasteiger partial charge in [0.1, 0.15) is 14.1 Å². The summed E-state index contributed by atoms with van der Waals surface area (Å²) < 4.78 is 55.3. The van der Waals surface area contributed by atoms with Gasteiger partial charge in [-0.3, -0.25) is 4.40 Å². The van der Waals surface area contributed by atoms with Gasteiger partial charge in [0, 0.05) is 6.20 Å². The van der Waals surface area contributed by atoms with Crippen molar-refractivity contribution in [2.45, 2.75) is 29.7 Å². The molecule has 1 N–H and O–H groups in total. The molecule has 1 saturated carbocycles. The molecule has 3 heterocycles. The van der Waals surface area contributed by atoms with Crippen LogP contribution in [0.3, 0.4) is 0 Å². The standard InChI is InChI=1S/C14H8ClF2IN6O2S2/c15-7-3-6(28(25,26)23-14(5-19)1-2-14)4-24-8(7)10(18)20-11(24)13-22-21-12(27-13)9(16)17/h3-4,9,23H,1-2H2. The summed E-state index contributed by atoms with van der Waals surface area (Å²) in [4.78, 5) is 4.10. The zero-order valence-electron chi connectivity index (χ0n) is 13.5. The van der Waals surface area contributed by atoms with Crippen LogP contribution in [0.15, 0.2) is 17.2 Å². The van der Waals surface area contributed by atoms with E-state index in [0.717, 1.165) is 0 Å². The van der Waals surface area contributed by atoms with Crippen molar-refractivity contribution in [3.63, 3.8) is 0 Å². The van der Waals surface area contributed by atoms with Crippen LogP contribution in [0.2, 0.25) is 5.02 Å². The number of hydrogen-bond acceptors (Lipinski definition) is 7. The number of sulfonamides is 1. The summed E-state index contributed by atoms with van der Waals surface area (Å²) in [6.07, 6.45) is -0.659. The molecule has 1 aliphatic rings. The maximum Gasteiger partial charge on any atom is 0.291 e. The minimum absolute atomic E-state index is 0.0995. The smallest absolute Gasteiger partial charge is 0.291 e. The van der Waals surface area contributed by atoms with Gasteiger partial charge in [-0.05, 0) is 41.5 Å². The number of alkyl halides is 2. The van der Waals surface area contributed by atoms with E-state index in [1.165, 1.54) is 16.7 Å². The zero-order chi connectivity index (χ0) is 20.3. The van der Waals surface area contributed by atoms with Gasteiger partial charge >= 0.3 is 0 Å². The van der Waals surface area contributed by atoms with Crippen LogP contribution in [0, 0.1) is 15.0 Å². The summed E-state index contributed by atoms with van der Waals surface area (Å²) in [5, 5.41) is 16.0. The maximum absolute atomic E-state index is 12.8. The predicted molar refractivity (Wildman–Crippen MR) is 105 cm³/mol.